The Morgan fingerprint density at radius 3 is 3.10 bits per heavy atom. The highest BCUT2D eigenvalue weighted by Crippen LogP contribution is 2.40. The van der Waals surface area contributed by atoms with Crippen LogP contribution in [0.25, 0.3) is 20.3 Å². The van der Waals surface area contributed by atoms with Gasteiger partial charge in [-0.25, -0.2) is 4.98 Å². The van der Waals surface area contributed by atoms with Crippen molar-refractivity contribution in [2.45, 2.75) is 38.4 Å². The first kappa shape index (κ1) is 12.6. The van der Waals surface area contributed by atoms with Crippen LogP contribution in [0.2, 0.25) is 0 Å². The minimum Gasteiger partial charge on any atom is -0.487 e. The van der Waals surface area contributed by atoms with E-state index >= 15 is 0 Å². The summed E-state index contributed by atoms with van der Waals surface area (Å²) in [5, 5.41) is 14.2. The first-order valence-electron chi connectivity index (χ1n) is 6.84. The van der Waals surface area contributed by atoms with E-state index in [-0.39, 0.29) is 12.2 Å². The standard InChI is InChI=1S/C15H15NO2S2/c1-8-16-14-13(20-8)7-12(9-5-6-19-15(9)14)18-11-4-2-3-10(11)17/h5-7,10-11,17H,2-4H2,1H3/t10-,11-/m1/s1. The number of thiophene rings is 1. The number of hydrogen-bond donors (Lipinski definition) is 1. The van der Waals surface area contributed by atoms with E-state index in [2.05, 4.69) is 22.5 Å². The Hall–Kier alpha value is -1.17. The molecule has 3 nitrogen and oxygen atoms in total. The predicted octanol–water partition coefficient (Wildman–Crippen LogP) is 4.11. The lowest BCUT2D eigenvalue weighted by molar-refractivity contribution is 0.0615. The summed E-state index contributed by atoms with van der Waals surface area (Å²) in [7, 11) is 0. The van der Waals surface area contributed by atoms with E-state index < -0.39 is 0 Å². The Labute approximate surface area is 124 Å². The molecule has 0 unspecified atom stereocenters. The maximum Gasteiger partial charge on any atom is 0.130 e. The maximum absolute atomic E-state index is 9.96. The highest BCUT2D eigenvalue weighted by molar-refractivity contribution is 7.21. The van der Waals surface area contributed by atoms with Gasteiger partial charge in [0.15, 0.2) is 0 Å². The number of aromatic nitrogens is 1. The summed E-state index contributed by atoms with van der Waals surface area (Å²) >= 11 is 3.40. The van der Waals surface area contributed by atoms with Gasteiger partial charge in [-0.2, -0.15) is 0 Å². The maximum atomic E-state index is 9.96. The van der Waals surface area contributed by atoms with Gasteiger partial charge in [0, 0.05) is 11.5 Å². The molecular formula is C15H15NO2S2. The number of hydrogen-bond acceptors (Lipinski definition) is 5. The van der Waals surface area contributed by atoms with Crippen LogP contribution in [0.1, 0.15) is 24.3 Å². The molecular weight excluding hydrogens is 290 g/mol. The number of fused-ring (bicyclic) bond motifs is 3. The topological polar surface area (TPSA) is 42.4 Å². The lowest BCUT2D eigenvalue weighted by Gasteiger charge is -2.17. The van der Waals surface area contributed by atoms with Crippen LogP contribution in [0.5, 0.6) is 5.75 Å². The average molecular weight is 305 g/mol. The lowest BCUT2D eigenvalue weighted by atomic mass is 10.2. The number of thiazole rings is 1. The Kier molecular flexibility index (Phi) is 2.94. The molecule has 0 bridgehead atoms. The van der Waals surface area contributed by atoms with Crippen molar-refractivity contribution in [3.8, 4) is 5.75 Å². The molecule has 20 heavy (non-hydrogen) atoms. The Morgan fingerprint density at radius 1 is 1.40 bits per heavy atom. The number of aliphatic hydroxyl groups excluding tert-OH is 1. The van der Waals surface area contributed by atoms with Crippen molar-refractivity contribution in [2.75, 3.05) is 0 Å². The van der Waals surface area contributed by atoms with E-state index in [4.69, 9.17) is 4.74 Å². The molecule has 1 aliphatic rings. The summed E-state index contributed by atoms with van der Waals surface area (Å²) in [4.78, 5) is 4.63. The number of nitrogens with zero attached hydrogens (tertiary/aromatic N) is 1. The van der Waals surface area contributed by atoms with Gasteiger partial charge in [0.25, 0.3) is 0 Å². The van der Waals surface area contributed by atoms with Crippen LogP contribution in [-0.4, -0.2) is 22.3 Å². The number of benzene rings is 1. The molecule has 1 fully saturated rings. The average Bonchev–Trinajstić information content (AvgIpc) is 3.09. The van der Waals surface area contributed by atoms with Crippen molar-refractivity contribution in [3.63, 3.8) is 0 Å². The largest absolute Gasteiger partial charge is 0.487 e. The Balaban J connectivity index is 1.85. The van der Waals surface area contributed by atoms with Gasteiger partial charge in [0.05, 0.1) is 26.0 Å². The monoisotopic (exact) mass is 305 g/mol. The van der Waals surface area contributed by atoms with Crippen LogP contribution < -0.4 is 4.74 Å². The van der Waals surface area contributed by atoms with E-state index in [9.17, 15) is 5.11 Å². The van der Waals surface area contributed by atoms with Gasteiger partial charge in [-0.1, -0.05) is 0 Å². The van der Waals surface area contributed by atoms with Gasteiger partial charge in [-0.15, -0.1) is 22.7 Å². The normalized spacial score (nSPS) is 22.9. The van der Waals surface area contributed by atoms with Crippen LogP contribution in [0, 0.1) is 6.92 Å². The van der Waals surface area contributed by atoms with Crippen LogP contribution in [0.3, 0.4) is 0 Å². The minimum absolute atomic E-state index is 0.0652. The molecule has 0 aliphatic heterocycles. The fourth-order valence-corrected chi connectivity index (χ4v) is 4.72. The fourth-order valence-electron chi connectivity index (χ4n) is 2.89. The van der Waals surface area contributed by atoms with Gasteiger partial charge < -0.3 is 9.84 Å². The Morgan fingerprint density at radius 2 is 2.30 bits per heavy atom. The predicted molar refractivity (Wildman–Crippen MR) is 84.0 cm³/mol. The molecule has 1 aliphatic carbocycles. The summed E-state index contributed by atoms with van der Waals surface area (Å²) in [5.74, 6) is 0.892. The zero-order valence-corrected chi connectivity index (χ0v) is 12.8. The molecule has 0 amide bonds. The number of ether oxygens (including phenoxy) is 1. The van der Waals surface area contributed by atoms with Crippen LogP contribution >= 0.6 is 22.7 Å². The molecule has 0 saturated heterocycles. The summed E-state index contributed by atoms with van der Waals surface area (Å²) in [6.45, 7) is 2.03. The van der Waals surface area contributed by atoms with Crippen molar-refractivity contribution >= 4 is 43.0 Å². The van der Waals surface area contributed by atoms with Gasteiger partial charge >= 0.3 is 0 Å². The van der Waals surface area contributed by atoms with E-state index in [1.54, 1.807) is 22.7 Å². The molecule has 1 saturated carbocycles. The molecule has 0 radical (unpaired) electrons. The molecule has 1 N–H and O–H groups in total. The lowest BCUT2D eigenvalue weighted by Crippen LogP contribution is -2.25. The highest BCUT2D eigenvalue weighted by Gasteiger charge is 2.27. The number of rotatable bonds is 2. The first-order valence-corrected chi connectivity index (χ1v) is 8.54. The van der Waals surface area contributed by atoms with Crippen LogP contribution in [-0.2, 0) is 0 Å². The number of aliphatic hydroxyl groups is 1. The van der Waals surface area contributed by atoms with Crippen LogP contribution in [0.15, 0.2) is 17.5 Å². The minimum atomic E-state index is -0.331. The third kappa shape index (κ3) is 1.92. The third-order valence-corrected chi connectivity index (χ3v) is 5.70. The molecule has 104 valence electrons. The quantitative estimate of drug-likeness (QED) is 0.774. The molecule has 3 aromatic rings. The summed E-state index contributed by atoms with van der Waals surface area (Å²) in [5.41, 5.74) is 1.08. The van der Waals surface area contributed by atoms with E-state index in [0.717, 1.165) is 40.9 Å². The van der Waals surface area contributed by atoms with Gasteiger partial charge in [0.1, 0.15) is 11.9 Å². The molecule has 0 spiro atoms. The fraction of sp³-hybridized carbons (Fsp3) is 0.400. The van der Waals surface area contributed by atoms with Gasteiger partial charge in [-0.05, 0) is 37.6 Å². The second-order valence-electron chi connectivity index (χ2n) is 5.27. The molecule has 4 rings (SSSR count). The van der Waals surface area contributed by atoms with Gasteiger partial charge in [-0.3, -0.25) is 0 Å². The SMILES string of the molecule is Cc1nc2c(cc(O[C@@H]3CCC[C@H]3O)c3ccsc32)s1. The second-order valence-corrected chi connectivity index (χ2v) is 7.42. The van der Waals surface area contributed by atoms with Crippen molar-refractivity contribution < 1.29 is 9.84 Å². The summed E-state index contributed by atoms with van der Waals surface area (Å²) in [6, 6.07) is 4.17. The molecule has 1 aromatic carbocycles. The van der Waals surface area contributed by atoms with Crippen molar-refractivity contribution in [3.05, 3.63) is 22.5 Å². The molecule has 2 atom stereocenters. The first-order chi connectivity index (χ1) is 9.72. The highest BCUT2D eigenvalue weighted by atomic mass is 32.1. The zero-order valence-electron chi connectivity index (χ0n) is 11.1. The Bertz CT molecular complexity index is 777. The third-order valence-electron chi connectivity index (χ3n) is 3.86. The summed E-state index contributed by atoms with van der Waals surface area (Å²) < 4.78 is 8.47. The molecule has 2 aromatic heterocycles. The van der Waals surface area contributed by atoms with Crippen molar-refractivity contribution in [1.82, 2.24) is 4.98 Å². The van der Waals surface area contributed by atoms with Crippen molar-refractivity contribution in [2.24, 2.45) is 0 Å². The van der Waals surface area contributed by atoms with Crippen molar-refractivity contribution in [1.29, 1.82) is 0 Å². The van der Waals surface area contributed by atoms with Gasteiger partial charge in [0.2, 0.25) is 0 Å². The molecule has 5 heteroatoms. The van der Waals surface area contributed by atoms with E-state index in [1.807, 2.05) is 6.92 Å². The zero-order chi connectivity index (χ0) is 13.7. The second kappa shape index (κ2) is 4.69. The smallest absolute Gasteiger partial charge is 0.130 e. The number of aryl methyl sites for hydroxylation is 1. The van der Waals surface area contributed by atoms with E-state index in [1.165, 1.54) is 9.40 Å². The van der Waals surface area contributed by atoms with E-state index in [0.29, 0.717) is 0 Å². The van der Waals surface area contributed by atoms with Crippen LogP contribution in [0.4, 0.5) is 0 Å². The summed E-state index contributed by atoms with van der Waals surface area (Å²) in [6.07, 6.45) is 2.43. The molecule has 2 heterocycles.